The van der Waals surface area contributed by atoms with Crippen LogP contribution in [0, 0.1) is 17.5 Å². The zero-order valence-electron chi connectivity index (χ0n) is 16.7. The number of rotatable bonds is 9. The Kier molecular flexibility index (Phi) is 8.91. The number of nitrogens with zero attached hydrogens (tertiary/aromatic N) is 1. The lowest BCUT2D eigenvalue weighted by Gasteiger charge is -2.27. The highest BCUT2D eigenvalue weighted by Gasteiger charge is 2.25. The maximum Gasteiger partial charge on any atom is 0.251 e. The Morgan fingerprint density at radius 1 is 1.28 bits per heavy atom. The first-order valence-electron chi connectivity index (χ1n) is 9.78. The number of amides is 2. The lowest BCUT2D eigenvalue weighted by Crippen LogP contribution is -2.44. The van der Waals surface area contributed by atoms with Gasteiger partial charge in [-0.1, -0.05) is 6.92 Å². The summed E-state index contributed by atoms with van der Waals surface area (Å²) in [6.07, 6.45) is 2.72. The van der Waals surface area contributed by atoms with Crippen LogP contribution in [-0.2, 0) is 19.1 Å². The topological polar surface area (TPSA) is 67.9 Å². The fraction of sp³-hybridized carbons (Fsp3) is 0.600. The average molecular weight is 416 g/mol. The summed E-state index contributed by atoms with van der Waals surface area (Å²) in [5, 5.41) is 2.17. The van der Waals surface area contributed by atoms with Crippen LogP contribution in [0.5, 0.6) is 0 Å². The van der Waals surface area contributed by atoms with E-state index in [1.165, 1.54) is 4.90 Å². The monoisotopic (exact) mass is 416 g/mol. The van der Waals surface area contributed by atoms with Crippen LogP contribution >= 0.6 is 0 Å². The summed E-state index contributed by atoms with van der Waals surface area (Å²) in [6, 6.07) is 1.64. The maximum atomic E-state index is 13.7. The van der Waals surface area contributed by atoms with Gasteiger partial charge in [0, 0.05) is 13.2 Å². The molecule has 0 aromatic heterocycles. The molecule has 2 unspecified atom stereocenters. The number of benzene rings is 1. The van der Waals surface area contributed by atoms with Crippen LogP contribution in [0.25, 0.3) is 0 Å². The van der Waals surface area contributed by atoms with E-state index in [0.717, 1.165) is 25.3 Å². The van der Waals surface area contributed by atoms with Gasteiger partial charge in [-0.3, -0.25) is 9.59 Å². The molecule has 1 saturated heterocycles. The fourth-order valence-corrected chi connectivity index (χ4v) is 3.04. The van der Waals surface area contributed by atoms with Gasteiger partial charge in [-0.25, -0.2) is 13.2 Å². The van der Waals surface area contributed by atoms with Crippen molar-refractivity contribution < 1.29 is 32.2 Å². The molecule has 0 bridgehead atoms. The Balaban J connectivity index is 1.92. The van der Waals surface area contributed by atoms with Crippen molar-refractivity contribution >= 4 is 17.5 Å². The molecule has 0 spiro atoms. The smallest absolute Gasteiger partial charge is 0.251 e. The summed E-state index contributed by atoms with van der Waals surface area (Å²) >= 11 is 0. The van der Waals surface area contributed by atoms with Crippen molar-refractivity contribution in [1.29, 1.82) is 0 Å². The Labute approximate surface area is 168 Å². The summed E-state index contributed by atoms with van der Waals surface area (Å²) in [6.45, 7) is 4.34. The summed E-state index contributed by atoms with van der Waals surface area (Å²) in [7, 11) is 0. The molecule has 1 aromatic carbocycles. The van der Waals surface area contributed by atoms with Crippen LogP contribution in [-0.4, -0.2) is 55.2 Å². The van der Waals surface area contributed by atoms with Crippen LogP contribution < -0.4 is 5.32 Å². The van der Waals surface area contributed by atoms with Crippen LogP contribution in [0.4, 0.5) is 18.9 Å². The Morgan fingerprint density at radius 2 is 2.03 bits per heavy atom. The van der Waals surface area contributed by atoms with Crippen molar-refractivity contribution in [3.8, 4) is 0 Å². The number of carbonyl (C=O) groups excluding carboxylic acids is 2. The molecule has 29 heavy (non-hydrogen) atoms. The van der Waals surface area contributed by atoms with E-state index in [0.29, 0.717) is 32.2 Å². The van der Waals surface area contributed by atoms with E-state index in [-0.39, 0.29) is 18.6 Å². The van der Waals surface area contributed by atoms with Gasteiger partial charge in [0.15, 0.2) is 17.5 Å². The van der Waals surface area contributed by atoms with Gasteiger partial charge in [0.2, 0.25) is 5.91 Å². The highest BCUT2D eigenvalue weighted by Crippen LogP contribution is 2.19. The van der Waals surface area contributed by atoms with Gasteiger partial charge in [0.05, 0.1) is 24.9 Å². The van der Waals surface area contributed by atoms with Gasteiger partial charge in [0.1, 0.15) is 6.10 Å². The standard InChI is InChI=1S/C20H27F3N2O4/c1-3-9-25(20(27)13(2)29-12-14-6-4-5-10-28-14)11-17(26)24-16-8-7-15(21)18(22)19(16)23/h7-8,13-14H,3-6,9-12H2,1-2H3,(H,24,26). The molecule has 1 aliphatic rings. The van der Waals surface area contributed by atoms with Gasteiger partial charge in [-0.2, -0.15) is 0 Å². The summed E-state index contributed by atoms with van der Waals surface area (Å²) in [5.41, 5.74) is -0.489. The molecule has 1 fully saturated rings. The summed E-state index contributed by atoms with van der Waals surface area (Å²) < 4.78 is 51.2. The van der Waals surface area contributed by atoms with Crippen molar-refractivity contribution in [1.82, 2.24) is 4.90 Å². The van der Waals surface area contributed by atoms with E-state index in [1.54, 1.807) is 6.92 Å². The quantitative estimate of drug-likeness (QED) is 0.628. The minimum absolute atomic E-state index is 0.0433. The lowest BCUT2D eigenvalue weighted by molar-refractivity contribution is -0.147. The van der Waals surface area contributed by atoms with Gasteiger partial charge >= 0.3 is 0 Å². The van der Waals surface area contributed by atoms with Gasteiger partial charge in [-0.15, -0.1) is 0 Å². The largest absolute Gasteiger partial charge is 0.376 e. The van der Waals surface area contributed by atoms with E-state index in [4.69, 9.17) is 9.47 Å². The molecule has 0 saturated carbocycles. The molecule has 1 aliphatic heterocycles. The van der Waals surface area contributed by atoms with Crippen LogP contribution in [0.1, 0.15) is 39.5 Å². The second-order valence-corrected chi connectivity index (χ2v) is 7.00. The van der Waals surface area contributed by atoms with Crippen molar-refractivity contribution in [3.05, 3.63) is 29.6 Å². The third kappa shape index (κ3) is 6.71. The minimum Gasteiger partial charge on any atom is -0.376 e. The number of hydrogen-bond donors (Lipinski definition) is 1. The van der Waals surface area contributed by atoms with Crippen molar-refractivity contribution in [2.75, 3.05) is 31.6 Å². The SMILES string of the molecule is CCCN(CC(=O)Nc1ccc(F)c(F)c1F)C(=O)C(C)OCC1CCCCO1. The van der Waals surface area contributed by atoms with Gasteiger partial charge in [0.25, 0.3) is 5.91 Å². The van der Waals surface area contributed by atoms with Crippen LogP contribution in [0.3, 0.4) is 0 Å². The normalized spacial score (nSPS) is 17.6. The Morgan fingerprint density at radius 3 is 2.69 bits per heavy atom. The molecule has 1 aromatic rings. The lowest BCUT2D eigenvalue weighted by atomic mass is 10.1. The first-order chi connectivity index (χ1) is 13.8. The highest BCUT2D eigenvalue weighted by molar-refractivity contribution is 5.95. The van der Waals surface area contributed by atoms with E-state index in [1.807, 2.05) is 6.92 Å². The predicted molar refractivity (Wildman–Crippen MR) is 101 cm³/mol. The van der Waals surface area contributed by atoms with Crippen molar-refractivity contribution in [2.24, 2.45) is 0 Å². The number of nitrogens with one attached hydrogen (secondary N) is 1. The molecule has 9 heteroatoms. The minimum atomic E-state index is -1.67. The molecule has 1 heterocycles. The maximum absolute atomic E-state index is 13.7. The Bertz CT molecular complexity index is 711. The Hall–Kier alpha value is -2.13. The number of halogens is 3. The molecule has 1 N–H and O–H groups in total. The summed E-state index contributed by atoms with van der Waals surface area (Å²) in [5.74, 6) is -5.62. The molecular formula is C20H27F3N2O4. The van der Waals surface area contributed by atoms with E-state index in [2.05, 4.69) is 5.32 Å². The van der Waals surface area contributed by atoms with Gasteiger partial charge in [-0.05, 0) is 44.7 Å². The number of hydrogen-bond acceptors (Lipinski definition) is 4. The van der Waals surface area contributed by atoms with E-state index >= 15 is 0 Å². The van der Waals surface area contributed by atoms with Crippen LogP contribution in [0.15, 0.2) is 12.1 Å². The van der Waals surface area contributed by atoms with Crippen molar-refractivity contribution in [2.45, 2.75) is 51.7 Å². The molecule has 0 radical (unpaired) electrons. The first-order valence-corrected chi connectivity index (χ1v) is 9.78. The van der Waals surface area contributed by atoms with Gasteiger partial charge < -0.3 is 19.7 Å². The predicted octanol–water partition coefficient (Wildman–Crippen LogP) is 3.26. The zero-order valence-corrected chi connectivity index (χ0v) is 16.7. The highest BCUT2D eigenvalue weighted by atomic mass is 19.2. The van der Waals surface area contributed by atoms with Crippen LogP contribution in [0.2, 0.25) is 0 Å². The average Bonchev–Trinajstić information content (AvgIpc) is 2.72. The zero-order chi connectivity index (χ0) is 21.4. The summed E-state index contributed by atoms with van der Waals surface area (Å²) in [4.78, 5) is 26.2. The molecule has 2 rings (SSSR count). The number of ether oxygens (including phenoxy) is 2. The molecule has 2 amide bonds. The van der Waals surface area contributed by atoms with E-state index < -0.39 is 35.2 Å². The molecular weight excluding hydrogens is 389 g/mol. The number of anilines is 1. The second-order valence-electron chi connectivity index (χ2n) is 7.00. The molecule has 2 atom stereocenters. The number of carbonyl (C=O) groups is 2. The van der Waals surface area contributed by atoms with Crippen molar-refractivity contribution in [3.63, 3.8) is 0 Å². The molecule has 6 nitrogen and oxygen atoms in total. The first kappa shape index (κ1) is 23.2. The second kappa shape index (κ2) is 11.2. The van der Waals surface area contributed by atoms with E-state index in [9.17, 15) is 22.8 Å². The third-order valence-corrected chi connectivity index (χ3v) is 4.60. The molecule has 162 valence electrons. The molecule has 0 aliphatic carbocycles. The fourth-order valence-electron chi connectivity index (χ4n) is 3.04. The third-order valence-electron chi connectivity index (χ3n) is 4.60.